The Balaban J connectivity index is 0.00000267. The predicted molar refractivity (Wildman–Crippen MR) is 144 cm³/mol. The van der Waals surface area contributed by atoms with Crippen molar-refractivity contribution >= 4 is 50.7 Å². The van der Waals surface area contributed by atoms with Crippen LogP contribution in [0.3, 0.4) is 0 Å². The van der Waals surface area contributed by atoms with Gasteiger partial charge in [0.15, 0.2) is 5.58 Å². The third kappa shape index (κ3) is 3.94. The molecule has 4 heterocycles. The highest BCUT2D eigenvalue weighted by atomic mass is 35.5. The summed E-state index contributed by atoms with van der Waals surface area (Å²) in [6.07, 6.45) is 18.4. The Hall–Kier alpha value is -4.02. The summed E-state index contributed by atoms with van der Waals surface area (Å²) >= 11 is 0. The summed E-state index contributed by atoms with van der Waals surface area (Å²) in [7, 11) is 0. The summed E-state index contributed by atoms with van der Waals surface area (Å²) in [5.41, 5.74) is 7.62. The largest absolute Gasteiger partial charge is 1.00 e. The topological polar surface area (TPSA) is 33.4 Å². The van der Waals surface area contributed by atoms with Crippen LogP contribution < -0.4 is 21.9 Å². The quantitative estimate of drug-likeness (QED) is 0.263. The van der Waals surface area contributed by atoms with Crippen LogP contribution in [0.2, 0.25) is 0 Å². The second kappa shape index (κ2) is 9.92. The number of hydrogen-bond acceptors (Lipinski definition) is 3. The second-order valence-electron chi connectivity index (χ2n) is 8.60. The normalized spacial score (nSPS) is 14.6. The van der Waals surface area contributed by atoms with E-state index in [4.69, 9.17) is 8.83 Å². The number of furan rings is 2. The Bertz CT molecular complexity index is 1680. The third-order valence-electron chi connectivity index (χ3n) is 6.67. The van der Waals surface area contributed by atoms with Gasteiger partial charge in [0.1, 0.15) is 6.54 Å². The van der Waals surface area contributed by atoms with Crippen molar-refractivity contribution < 1.29 is 25.8 Å². The zero-order valence-corrected chi connectivity index (χ0v) is 21.1. The van der Waals surface area contributed by atoms with E-state index in [0.29, 0.717) is 0 Å². The molecule has 2 aromatic carbocycles. The molecule has 0 N–H and O–H groups in total. The van der Waals surface area contributed by atoms with E-state index >= 15 is 0 Å². The minimum Gasteiger partial charge on any atom is -1.00 e. The van der Waals surface area contributed by atoms with Crippen molar-refractivity contribution in [2.45, 2.75) is 20.4 Å². The summed E-state index contributed by atoms with van der Waals surface area (Å²) in [6.45, 7) is 6.06. The van der Waals surface area contributed by atoms with E-state index in [9.17, 15) is 0 Å². The van der Waals surface area contributed by atoms with E-state index in [1.54, 1.807) is 12.5 Å². The number of likely N-dealkylation sites (N-methyl/N-ethyl adjacent to an activating group) is 1. The second-order valence-corrected chi connectivity index (χ2v) is 8.60. The maximum absolute atomic E-state index is 5.82. The van der Waals surface area contributed by atoms with Gasteiger partial charge in [-0.15, -0.1) is 0 Å². The van der Waals surface area contributed by atoms with Crippen molar-refractivity contribution in [3.63, 3.8) is 0 Å². The first-order chi connectivity index (χ1) is 17.3. The van der Waals surface area contributed by atoms with Crippen LogP contribution in [0.1, 0.15) is 25.1 Å². The predicted octanol–water partition coefficient (Wildman–Crippen LogP) is 4.65. The molecule has 180 valence electrons. The lowest BCUT2D eigenvalue weighted by molar-refractivity contribution is -0.669. The summed E-state index contributed by atoms with van der Waals surface area (Å²) in [5, 5.41) is 3.44. The van der Waals surface area contributed by atoms with Crippen LogP contribution in [0.5, 0.6) is 0 Å². The van der Waals surface area contributed by atoms with Crippen LogP contribution in [0, 0.1) is 0 Å². The minimum absolute atomic E-state index is 0. The van der Waals surface area contributed by atoms with Crippen LogP contribution in [-0.4, -0.2) is 6.54 Å². The number of allylic oxidation sites excluding steroid dienone is 5. The van der Waals surface area contributed by atoms with Gasteiger partial charge in [-0.25, -0.2) is 0 Å². The fourth-order valence-corrected chi connectivity index (χ4v) is 5.02. The molecule has 0 fully saturated rings. The lowest BCUT2D eigenvalue weighted by atomic mass is 10.0. The van der Waals surface area contributed by atoms with Crippen molar-refractivity contribution in [1.82, 2.24) is 0 Å². The number of nitrogens with zero attached hydrogens (tertiary/aromatic N) is 2. The number of halogens is 1. The van der Waals surface area contributed by atoms with Gasteiger partial charge in [-0.1, -0.05) is 42.5 Å². The van der Waals surface area contributed by atoms with Gasteiger partial charge in [0, 0.05) is 40.7 Å². The number of anilines is 1. The number of fused-ring (bicyclic) bond motifs is 6. The Kier molecular flexibility index (Phi) is 6.53. The number of pyridine rings is 1. The summed E-state index contributed by atoms with van der Waals surface area (Å²) < 4.78 is 13.9. The van der Waals surface area contributed by atoms with Crippen molar-refractivity contribution in [2.24, 2.45) is 0 Å². The van der Waals surface area contributed by atoms with Crippen molar-refractivity contribution in [3.05, 3.63) is 108 Å². The van der Waals surface area contributed by atoms with Crippen molar-refractivity contribution in [3.8, 4) is 0 Å². The average Bonchev–Trinajstić information content (AvgIpc) is 3.57. The molecule has 0 aliphatic carbocycles. The van der Waals surface area contributed by atoms with Gasteiger partial charge in [0.2, 0.25) is 11.3 Å². The molecule has 0 atom stereocenters. The fourth-order valence-electron chi connectivity index (χ4n) is 5.02. The van der Waals surface area contributed by atoms with E-state index in [1.165, 1.54) is 10.9 Å². The number of rotatable bonds is 5. The highest BCUT2D eigenvalue weighted by Crippen LogP contribution is 2.37. The maximum atomic E-state index is 5.82. The Morgan fingerprint density at radius 1 is 0.778 bits per heavy atom. The van der Waals surface area contributed by atoms with Gasteiger partial charge in [-0.2, -0.15) is 4.57 Å². The molecule has 4 nitrogen and oxygen atoms in total. The third-order valence-corrected chi connectivity index (χ3v) is 6.67. The van der Waals surface area contributed by atoms with E-state index in [0.717, 1.165) is 57.6 Å². The number of aromatic nitrogens is 1. The zero-order valence-electron chi connectivity index (χ0n) is 20.3. The Labute approximate surface area is 216 Å². The molecule has 6 rings (SSSR count). The number of aryl methyl sites for hydroxylation is 1. The molecule has 0 bridgehead atoms. The van der Waals surface area contributed by atoms with Gasteiger partial charge in [0.25, 0.3) is 5.52 Å². The highest BCUT2D eigenvalue weighted by molar-refractivity contribution is 6.00. The molecule has 1 aliphatic rings. The molecule has 3 aromatic heterocycles. The zero-order chi connectivity index (χ0) is 23.8. The van der Waals surface area contributed by atoms with Crippen LogP contribution in [-0.2, 0) is 6.54 Å². The van der Waals surface area contributed by atoms with Gasteiger partial charge >= 0.3 is 0 Å². The summed E-state index contributed by atoms with van der Waals surface area (Å²) in [4.78, 5) is 2.30. The molecule has 5 aromatic rings. The lowest BCUT2D eigenvalue weighted by Gasteiger charge is -2.29. The standard InChI is InChI=1S/C31H27N2O2.ClH/c1-3-32-26(16-14-22-10-12-24-18-20-34-30(24)28(22)32)8-6-5-7-9-27-17-15-23-11-13-25-19-21-35-31(25)29(23)33(27)4-2;/h5-21H,3-4H2,1-2H3;1H/q+1;/p-1. The highest BCUT2D eigenvalue weighted by Gasteiger charge is 2.20. The Morgan fingerprint density at radius 2 is 1.50 bits per heavy atom. The van der Waals surface area contributed by atoms with Gasteiger partial charge in [-0.05, 0) is 50.3 Å². The molecule has 0 saturated carbocycles. The van der Waals surface area contributed by atoms with Crippen LogP contribution in [0.4, 0.5) is 5.69 Å². The van der Waals surface area contributed by atoms with Crippen LogP contribution >= 0.6 is 0 Å². The molecule has 0 unspecified atom stereocenters. The first-order valence-electron chi connectivity index (χ1n) is 12.1. The first-order valence-corrected chi connectivity index (χ1v) is 12.1. The van der Waals surface area contributed by atoms with Crippen LogP contribution in [0.15, 0.2) is 106 Å². The molecule has 1 aliphatic heterocycles. The number of benzene rings is 2. The minimum atomic E-state index is 0. The average molecular weight is 495 g/mol. The van der Waals surface area contributed by atoms with E-state index < -0.39 is 0 Å². The molecule has 0 spiro atoms. The monoisotopic (exact) mass is 494 g/mol. The van der Waals surface area contributed by atoms with Crippen LogP contribution in [0.25, 0.3) is 45.0 Å². The molecular weight excluding hydrogens is 468 g/mol. The molecule has 0 saturated heterocycles. The summed E-state index contributed by atoms with van der Waals surface area (Å²) in [6, 6.07) is 16.9. The fraction of sp³-hybridized carbons (Fsp3) is 0.129. The first kappa shape index (κ1) is 23.7. The molecule has 0 radical (unpaired) electrons. The van der Waals surface area contributed by atoms with E-state index in [-0.39, 0.29) is 12.4 Å². The molecule has 0 amide bonds. The van der Waals surface area contributed by atoms with Gasteiger partial charge < -0.3 is 26.1 Å². The van der Waals surface area contributed by atoms with Crippen molar-refractivity contribution in [2.75, 3.05) is 11.4 Å². The summed E-state index contributed by atoms with van der Waals surface area (Å²) in [5.74, 6) is 0. The lowest BCUT2D eigenvalue weighted by Crippen LogP contribution is -3.00. The SMILES string of the molecule is CCN1C(=CC=CC=Cc2ccc3ccc4ccoc4c3[n+]2CC)C=Cc2ccc3ccoc3c21.[Cl-]. The maximum Gasteiger partial charge on any atom is 0.256 e. The molecule has 5 heteroatoms. The van der Waals surface area contributed by atoms with E-state index in [2.05, 4.69) is 102 Å². The Morgan fingerprint density at radius 3 is 2.31 bits per heavy atom. The van der Waals surface area contributed by atoms with Gasteiger partial charge in [-0.3, -0.25) is 0 Å². The van der Waals surface area contributed by atoms with Crippen molar-refractivity contribution in [1.29, 1.82) is 0 Å². The van der Waals surface area contributed by atoms with E-state index in [1.807, 2.05) is 12.1 Å². The molecular formula is C31H27ClN2O2. The van der Waals surface area contributed by atoms with Gasteiger partial charge in [0.05, 0.1) is 23.6 Å². The smallest absolute Gasteiger partial charge is 0.256 e. The molecule has 36 heavy (non-hydrogen) atoms. The number of hydrogen-bond donors (Lipinski definition) is 0.